The van der Waals surface area contributed by atoms with Crippen molar-refractivity contribution in [1.82, 2.24) is 9.55 Å². The number of furan rings is 1. The molecule has 10 nitrogen and oxygen atoms in total. The number of esters is 1. The lowest BCUT2D eigenvalue weighted by atomic mass is 10.2. The fourth-order valence-corrected chi connectivity index (χ4v) is 2.93. The van der Waals surface area contributed by atoms with Crippen LogP contribution in [0.4, 0.5) is 11.4 Å². The van der Waals surface area contributed by atoms with Crippen LogP contribution in [0.1, 0.15) is 30.0 Å². The van der Waals surface area contributed by atoms with Gasteiger partial charge in [0.1, 0.15) is 29.6 Å². The lowest BCUT2D eigenvalue weighted by Crippen LogP contribution is -2.28. The summed E-state index contributed by atoms with van der Waals surface area (Å²) in [4.78, 5) is 52.7. The van der Waals surface area contributed by atoms with E-state index in [0.29, 0.717) is 11.4 Å². The first-order valence-corrected chi connectivity index (χ1v) is 9.13. The minimum Gasteiger partial charge on any atom is -0.462 e. The number of nitrogens with one attached hydrogen (secondary N) is 2. The number of amides is 2. The predicted molar refractivity (Wildman–Crippen MR) is 108 cm³/mol. The molecule has 0 aliphatic heterocycles. The normalized spacial score (nSPS) is 10.6. The molecule has 1 aromatic carbocycles. The number of aryl methyl sites for hydroxylation is 1. The Kier molecular flexibility index (Phi) is 5.95. The fraction of sp³-hybridized carbons (Fsp3) is 0.250. The van der Waals surface area contributed by atoms with E-state index in [2.05, 4.69) is 15.6 Å². The van der Waals surface area contributed by atoms with Crippen molar-refractivity contribution >= 4 is 40.3 Å². The second-order valence-electron chi connectivity index (χ2n) is 6.42. The monoisotopic (exact) mass is 412 g/mol. The molecule has 0 fully saturated rings. The smallest absolute Gasteiger partial charge is 0.342 e. The molecule has 0 aliphatic rings. The van der Waals surface area contributed by atoms with Crippen molar-refractivity contribution in [2.24, 2.45) is 0 Å². The van der Waals surface area contributed by atoms with Crippen molar-refractivity contribution in [1.29, 1.82) is 0 Å². The van der Waals surface area contributed by atoms with E-state index in [1.165, 1.54) is 20.2 Å². The first kappa shape index (κ1) is 20.8. The van der Waals surface area contributed by atoms with Gasteiger partial charge in [-0.3, -0.25) is 19.0 Å². The van der Waals surface area contributed by atoms with Gasteiger partial charge in [0.05, 0.1) is 6.61 Å². The van der Waals surface area contributed by atoms with Crippen molar-refractivity contribution in [2.75, 3.05) is 17.2 Å². The summed E-state index contributed by atoms with van der Waals surface area (Å²) in [5.74, 6) is -1.21. The maximum Gasteiger partial charge on any atom is 0.342 e. The first-order valence-electron chi connectivity index (χ1n) is 9.13. The summed E-state index contributed by atoms with van der Waals surface area (Å²) in [6.07, 6.45) is 1.18. The van der Waals surface area contributed by atoms with E-state index >= 15 is 0 Å². The molecule has 0 saturated carbocycles. The van der Waals surface area contributed by atoms with Gasteiger partial charge in [0, 0.05) is 18.3 Å². The number of benzene rings is 1. The summed E-state index contributed by atoms with van der Waals surface area (Å²) >= 11 is 0. The van der Waals surface area contributed by atoms with Crippen LogP contribution in [0.15, 0.2) is 39.8 Å². The quantitative estimate of drug-likeness (QED) is 0.592. The third kappa shape index (κ3) is 4.37. The minimum atomic E-state index is -0.690. The topological polar surface area (TPSA) is 133 Å². The molecule has 2 N–H and O–H groups in total. The maximum absolute atomic E-state index is 12.9. The number of anilines is 2. The Morgan fingerprint density at radius 1 is 1.20 bits per heavy atom. The average Bonchev–Trinajstić information content (AvgIpc) is 3.01. The summed E-state index contributed by atoms with van der Waals surface area (Å²) in [6.45, 7) is 4.37. The molecule has 10 heteroatoms. The minimum absolute atomic E-state index is 0.000203. The van der Waals surface area contributed by atoms with E-state index < -0.39 is 17.4 Å². The highest BCUT2D eigenvalue weighted by atomic mass is 16.5. The van der Waals surface area contributed by atoms with Crippen LogP contribution in [-0.2, 0) is 20.9 Å². The molecular weight excluding hydrogens is 392 g/mol. The molecule has 0 bridgehead atoms. The zero-order valence-electron chi connectivity index (χ0n) is 16.6. The molecule has 0 aliphatic carbocycles. The summed E-state index contributed by atoms with van der Waals surface area (Å²) < 4.78 is 11.4. The van der Waals surface area contributed by atoms with E-state index in [-0.39, 0.29) is 41.5 Å². The van der Waals surface area contributed by atoms with Crippen LogP contribution < -0.4 is 16.2 Å². The van der Waals surface area contributed by atoms with Crippen molar-refractivity contribution < 1.29 is 23.5 Å². The van der Waals surface area contributed by atoms with Gasteiger partial charge in [-0.05, 0) is 32.0 Å². The Balaban J connectivity index is 1.85. The standard InChI is InChI=1S/C20H20N4O6/c1-4-29-20(28)16-11(2)30-18-17(16)19(27)24(10-21-18)9-15(26)23-14-7-5-6-13(8-14)22-12(3)25/h5-8,10H,4,9H2,1-3H3,(H,22,25)(H,23,26). The van der Waals surface area contributed by atoms with E-state index in [4.69, 9.17) is 9.15 Å². The largest absolute Gasteiger partial charge is 0.462 e. The number of carbonyl (C=O) groups is 3. The van der Waals surface area contributed by atoms with E-state index in [1.807, 2.05) is 0 Å². The Hall–Kier alpha value is -3.95. The van der Waals surface area contributed by atoms with Gasteiger partial charge in [-0.2, -0.15) is 0 Å². The van der Waals surface area contributed by atoms with Crippen LogP contribution in [0.2, 0.25) is 0 Å². The van der Waals surface area contributed by atoms with Gasteiger partial charge < -0.3 is 19.8 Å². The number of fused-ring (bicyclic) bond motifs is 1. The molecule has 2 amide bonds. The maximum atomic E-state index is 12.9. The molecule has 0 radical (unpaired) electrons. The number of hydrogen-bond acceptors (Lipinski definition) is 7. The van der Waals surface area contributed by atoms with Crippen LogP contribution >= 0.6 is 0 Å². The third-order valence-corrected chi connectivity index (χ3v) is 4.11. The number of nitrogens with zero attached hydrogens (tertiary/aromatic N) is 2. The summed E-state index contributed by atoms with van der Waals surface area (Å²) in [6, 6.07) is 6.58. The predicted octanol–water partition coefficient (Wildman–Crippen LogP) is 2.07. The highest BCUT2D eigenvalue weighted by Crippen LogP contribution is 2.22. The lowest BCUT2D eigenvalue weighted by molar-refractivity contribution is -0.117. The molecule has 2 aromatic heterocycles. The number of ether oxygens (including phenoxy) is 1. The highest BCUT2D eigenvalue weighted by Gasteiger charge is 2.24. The van der Waals surface area contributed by atoms with E-state index in [9.17, 15) is 19.2 Å². The molecule has 3 rings (SSSR count). The second kappa shape index (κ2) is 8.60. The highest BCUT2D eigenvalue weighted by molar-refractivity contribution is 6.03. The van der Waals surface area contributed by atoms with E-state index in [0.717, 1.165) is 4.57 Å². The molecule has 0 unspecified atom stereocenters. The molecule has 156 valence electrons. The molecular formula is C20H20N4O6. The molecule has 30 heavy (non-hydrogen) atoms. The van der Waals surface area contributed by atoms with Crippen molar-refractivity contribution in [3.8, 4) is 0 Å². The molecule has 0 atom stereocenters. The van der Waals surface area contributed by atoms with Crippen LogP contribution in [0.5, 0.6) is 0 Å². The van der Waals surface area contributed by atoms with Crippen LogP contribution in [0.3, 0.4) is 0 Å². The summed E-state index contributed by atoms with van der Waals surface area (Å²) in [5, 5.41) is 5.23. The van der Waals surface area contributed by atoms with Gasteiger partial charge in [0.15, 0.2) is 0 Å². The van der Waals surface area contributed by atoms with Crippen LogP contribution in [0, 0.1) is 6.92 Å². The Labute approximate surface area is 170 Å². The van der Waals surface area contributed by atoms with E-state index in [1.54, 1.807) is 31.2 Å². The lowest BCUT2D eigenvalue weighted by Gasteiger charge is -2.09. The van der Waals surface area contributed by atoms with Gasteiger partial charge in [0.2, 0.25) is 17.5 Å². The SMILES string of the molecule is CCOC(=O)c1c(C)oc2ncn(CC(=O)Nc3cccc(NC(C)=O)c3)c(=O)c12. The number of aromatic nitrogens is 2. The second-order valence-corrected chi connectivity index (χ2v) is 6.42. The van der Waals surface area contributed by atoms with Gasteiger partial charge >= 0.3 is 5.97 Å². The van der Waals surface area contributed by atoms with Gasteiger partial charge in [0.25, 0.3) is 5.56 Å². The van der Waals surface area contributed by atoms with Crippen LogP contribution in [-0.4, -0.2) is 33.9 Å². The summed E-state index contributed by atoms with van der Waals surface area (Å²) in [7, 11) is 0. The molecule has 2 heterocycles. The van der Waals surface area contributed by atoms with Crippen LogP contribution in [0.25, 0.3) is 11.1 Å². The Morgan fingerprint density at radius 3 is 2.57 bits per heavy atom. The Morgan fingerprint density at radius 2 is 1.90 bits per heavy atom. The number of hydrogen-bond donors (Lipinski definition) is 2. The molecule has 3 aromatic rings. The van der Waals surface area contributed by atoms with Crippen molar-refractivity contribution in [3.05, 3.63) is 52.3 Å². The summed E-state index contributed by atoms with van der Waals surface area (Å²) in [5.41, 5.74) is 0.373. The van der Waals surface area contributed by atoms with Gasteiger partial charge in [-0.15, -0.1) is 0 Å². The zero-order chi connectivity index (χ0) is 21.8. The van der Waals surface area contributed by atoms with Crippen molar-refractivity contribution in [3.63, 3.8) is 0 Å². The average molecular weight is 412 g/mol. The number of rotatable bonds is 6. The zero-order valence-corrected chi connectivity index (χ0v) is 16.6. The number of carbonyl (C=O) groups excluding carboxylic acids is 3. The molecule has 0 spiro atoms. The van der Waals surface area contributed by atoms with Gasteiger partial charge in [-0.1, -0.05) is 6.07 Å². The third-order valence-electron chi connectivity index (χ3n) is 4.11. The first-order chi connectivity index (χ1) is 14.3. The Bertz CT molecular complexity index is 1190. The van der Waals surface area contributed by atoms with Gasteiger partial charge in [-0.25, -0.2) is 9.78 Å². The fourth-order valence-electron chi connectivity index (χ4n) is 2.93. The van der Waals surface area contributed by atoms with Crippen molar-refractivity contribution in [2.45, 2.75) is 27.3 Å². The molecule has 0 saturated heterocycles.